The lowest BCUT2D eigenvalue weighted by Crippen LogP contribution is -2.52. The summed E-state index contributed by atoms with van der Waals surface area (Å²) in [5.74, 6) is -0.943. The molecule has 3 unspecified atom stereocenters. The van der Waals surface area contributed by atoms with Crippen LogP contribution in [0.25, 0.3) is 0 Å². The van der Waals surface area contributed by atoms with Crippen LogP contribution in [0, 0.1) is 5.92 Å². The molecule has 98 valence electrons. The molecular weight excluding hydrogens is 224 g/mol. The zero-order chi connectivity index (χ0) is 12.8. The molecule has 0 aromatic heterocycles. The van der Waals surface area contributed by atoms with E-state index in [0.29, 0.717) is 5.92 Å². The van der Waals surface area contributed by atoms with E-state index in [0.717, 1.165) is 19.4 Å². The molecule has 1 aliphatic rings. The van der Waals surface area contributed by atoms with Crippen molar-refractivity contribution >= 4 is 11.9 Å². The Morgan fingerprint density at radius 1 is 1.53 bits per heavy atom. The van der Waals surface area contributed by atoms with Gasteiger partial charge in [0.2, 0.25) is 5.91 Å². The smallest absolute Gasteiger partial charge is 0.326 e. The summed E-state index contributed by atoms with van der Waals surface area (Å²) < 4.78 is 0. The molecule has 0 aliphatic carbocycles. The third-order valence-corrected chi connectivity index (χ3v) is 3.01. The summed E-state index contributed by atoms with van der Waals surface area (Å²) in [7, 11) is 0. The van der Waals surface area contributed by atoms with Crippen molar-refractivity contribution in [3.8, 4) is 0 Å². The third kappa shape index (κ3) is 4.32. The largest absolute Gasteiger partial charge is 0.480 e. The number of aliphatic carboxylic acids is 1. The Hall–Kier alpha value is -1.14. The van der Waals surface area contributed by atoms with Crippen molar-refractivity contribution in [3.05, 3.63) is 0 Å². The maximum absolute atomic E-state index is 11.8. The van der Waals surface area contributed by atoms with Crippen LogP contribution >= 0.6 is 0 Å². The van der Waals surface area contributed by atoms with Crippen molar-refractivity contribution < 1.29 is 19.8 Å². The van der Waals surface area contributed by atoms with Gasteiger partial charge in [0, 0.05) is 13.0 Å². The van der Waals surface area contributed by atoms with Gasteiger partial charge in [-0.3, -0.25) is 4.79 Å². The van der Waals surface area contributed by atoms with Gasteiger partial charge in [0.1, 0.15) is 6.04 Å². The SMILES string of the molecule is CC1CCNC(C(=O)NC(CCO)C(=O)O)C1. The number of hydrogen-bond acceptors (Lipinski definition) is 4. The number of carbonyl (C=O) groups is 2. The van der Waals surface area contributed by atoms with Crippen LogP contribution in [0.15, 0.2) is 0 Å². The maximum Gasteiger partial charge on any atom is 0.326 e. The number of hydrogen-bond donors (Lipinski definition) is 4. The molecule has 17 heavy (non-hydrogen) atoms. The molecule has 6 heteroatoms. The van der Waals surface area contributed by atoms with Crippen LogP contribution in [0.3, 0.4) is 0 Å². The summed E-state index contributed by atoms with van der Waals surface area (Å²) in [5.41, 5.74) is 0. The molecule has 0 aromatic rings. The van der Waals surface area contributed by atoms with Crippen molar-refractivity contribution in [3.63, 3.8) is 0 Å². The molecule has 1 heterocycles. The fourth-order valence-corrected chi connectivity index (χ4v) is 1.97. The first kappa shape index (κ1) is 13.9. The first-order valence-corrected chi connectivity index (χ1v) is 5.92. The number of amides is 1. The van der Waals surface area contributed by atoms with E-state index in [-0.39, 0.29) is 25.0 Å². The summed E-state index contributed by atoms with van der Waals surface area (Å²) in [6, 6.07) is -1.33. The number of piperidine rings is 1. The van der Waals surface area contributed by atoms with E-state index < -0.39 is 12.0 Å². The lowest BCUT2D eigenvalue weighted by Gasteiger charge is -2.28. The first-order chi connectivity index (χ1) is 8.04. The second kappa shape index (κ2) is 6.56. The number of aliphatic hydroxyl groups is 1. The molecule has 0 bridgehead atoms. The molecule has 1 amide bonds. The molecule has 1 saturated heterocycles. The summed E-state index contributed by atoms with van der Waals surface area (Å²) >= 11 is 0. The molecule has 1 rings (SSSR count). The Balaban J connectivity index is 2.48. The van der Waals surface area contributed by atoms with Crippen LogP contribution in [0.5, 0.6) is 0 Å². The summed E-state index contributed by atoms with van der Waals surface area (Å²) in [4.78, 5) is 22.6. The molecule has 1 fully saturated rings. The average molecular weight is 244 g/mol. The highest BCUT2D eigenvalue weighted by atomic mass is 16.4. The number of nitrogens with one attached hydrogen (secondary N) is 2. The van der Waals surface area contributed by atoms with Crippen molar-refractivity contribution in [2.75, 3.05) is 13.2 Å². The van der Waals surface area contributed by atoms with E-state index in [2.05, 4.69) is 17.6 Å². The van der Waals surface area contributed by atoms with Gasteiger partial charge in [0.05, 0.1) is 6.04 Å². The number of carboxylic acid groups (broad SMARTS) is 1. The van der Waals surface area contributed by atoms with Gasteiger partial charge >= 0.3 is 5.97 Å². The van der Waals surface area contributed by atoms with Crippen molar-refractivity contribution in [2.45, 2.75) is 38.3 Å². The van der Waals surface area contributed by atoms with Crippen molar-refractivity contribution in [1.82, 2.24) is 10.6 Å². The Kier molecular flexibility index (Phi) is 5.37. The molecule has 1 aliphatic heterocycles. The number of aliphatic hydroxyl groups excluding tert-OH is 1. The van der Waals surface area contributed by atoms with E-state index in [9.17, 15) is 9.59 Å². The maximum atomic E-state index is 11.8. The standard InChI is InChI=1S/C11H20N2O4/c1-7-2-4-12-9(6-7)10(15)13-8(3-5-14)11(16)17/h7-9,12,14H,2-6H2,1H3,(H,13,15)(H,16,17). The summed E-state index contributed by atoms with van der Waals surface area (Å²) in [6.45, 7) is 2.59. The number of rotatable bonds is 5. The van der Waals surface area contributed by atoms with E-state index in [1.807, 2.05) is 0 Å². The quantitative estimate of drug-likeness (QED) is 0.514. The monoisotopic (exact) mass is 244 g/mol. The fraction of sp³-hybridized carbons (Fsp3) is 0.818. The minimum absolute atomic E-state index is 0.0311. The van der Waals surface area contributed by atoms with Crippen LogP contribution in [0.2, 0.25) is 0 Å². The van der Waals surface area contributed by atoms with Gasteiger partial charge in [0.25, 0.3) is 0 Å². The Bertz CT molecular complexity index is 283. The van der Waals surface area contributed by atoms with Crippen LogP contribution in [0.4, 0.5) is 0 Å². The third-order valence-electron chi connectivity index (χ3n) is 3.01. The molecule has 6 nitrogen and oxygen atoms in total. The van der Waals surface area contributed by atoms with Crippen LogP contribution in [0.1, 0.15) is 26.2 Å². The van der Waals surface area contributed by atoms with Gasteiger partial charge in [-0.05, 0) is 25.3 Å². The lowest BCUT2D eigenvalue weighted by molar-refractivity contribution is -0.142. The zero-order valence-corrected chi connectivity index (χ0v) is 9.98. The highest BCUT2D eigenvalue weighted by Crippen LogP contribution is 2.15. The highest BCUT2D eigenvalue weighted by molar-refractivity contribution is 5.87. The van der Waals surface area contributed by atoms with Gasteiger partial charge in [0.15, 0.2) is 0 Å². The summed E-state index contributed by atoms with van der Waals surface area (Å²) in [5, 5.41) is 23.1. The van der Waals surface area contributed by atoms with E-state index in [1.165, 1.54) is 0 Å². The molecule has 0 spiro atoms. The zero-order valence-electron chi connectivity index (χ0n) is 9.98. The lowest BCUT2D eigenvalue weighted by atomic mass is 9.93. The minimum Gasteiger partial charge on any atom is -0.480 e. The second-order valence-electron chi connectivity index (χ2n) is 4.55. The molecule has 0 saturated carbocycles. The van der Waals surface area contributed by atoms with E-state index in [4.69, 9.17) is 10.2 Å². The fourth-order valence-electron chi connectivity index (χ4n) is 1.97. The highest BCUT2D eigenvalue weighted by Gasteiger charge is 2.27. The van der Waals surface area contributed by atoms with Gasteiger partial charge in [-0.2, -0.15) is 0 Å². The minimum atomic E-state index is -1.11. The summed E-state index contributed by atoms with van der Waals surface area (Å²) in [6.07, 6.45) is 1.78. The topological polar surface area (TPSA) is 98.7 Å². The van der Waals surface area contributed by atoms with Crippen molar-refractivity contribution in [2.24, 2.45) is 5.92 Å². The Labute approximate surface area is 100 Å². The molecular formula is C11H20N2O4. The van der Waals surface area contributed by atoms with E-state index in [1.54, 1.807) is 0 Å². The molecule has 0 radical (unpaired) electrons. The average Bonchev–Trinajstić information content (AvgIpc) is 2.28. The van der Waals surface area contributed by atoms with Crippen LogP contribution in [-0.2, 0) is 9.59 Å². The van der Waals surface area contributed by atoms with Gasteiger partial charge in [-0.1, -0.05) is 6.92 Å². The van der Waals surface area contributed by atoms with Crippen LogP contribution in [-0.4, -0.2) is 47.3 Å². The molecule has 3 atom stereocenters. The predicted octanol–water partition coefficient (Wildman–Crippen LogP) is -0.674. The van der Waals surface area contributed by atoms with Crippen LogP contribution < -0.4 is 10.6 Å². The van der Waals surface area contributed by atoms with Crippen molar-refractivity contribution in [1.29, 1.82) is 0 Å². The molecule has 0 aromatic carbocycles. The first-order valence-electron chi connectivity index (χ1n) is 5.92. The Morgan fingerprint density at radius 2 is 2.24 bits per heavy atom. The normalized spacial score (nSPS) is 26.2. The predicted molar refractivity (Wildman–Crippen MR) is 61.5 cm³/mol. The number of carboxylic acids is 1. The second-order valence-corrected chi connectivity index (χ2v) is 4.55. The van der Waals surface area contributed by atoms with E-state index >= 15 is 0 Å². The molecule has 4 N–H and O–H groups in total. The van der Waals surface area contributed by atoms with Gasteiger partial charge < -0.3 is 20.8 Å². The van der Waals surface area contributed by atoms with Gasteiger partial charge in [-0.15, -0.1) is 0 Å². The van der Waals surface area contributed by atoms with Gasteiger partial charge in [-0.25, -0.2) is 4.79 Å². The number of carbonyl (C=O) groups excluding carboxylic acids is 1. The Morgan fingerprint density at radius 3 is 2.76 bits per heavy atom.